The van der Waals surface area contributed by atoms with E-state index in [4.69, 9.17) is 0 Å². The minimum atomic E-state index is -0.573. The number of hydrogen-bond acceptors (Lipinski definition) is 3. The summed E-state index contributed by atoms with van der Waals surface area (Å²) < 4.78 is 1.73. The van der Waals surface area contributed by atoms with Crippen molar-refractivity contribution < 1.29 is 5.11 Å². The molecule has 0 fully saturated rings. The van der Waals surface area contributed by atoms with Crippen molar-refractivity contribution in [2.75, 3.05) is 0 Å². The van der Waals surface area contributed by atoms with Crippen LogP contribution in [0.5, 0.6) is 0 Å². The average Bonchev–Trinajstić information content (AvgIpc) is 2.83. The summed E-state index contributed by atoms with van der Waals surface area (Å²) in [5.74, 6) is 0. The van der Waals surface area contributed by atoms with Gasteiger partial charge in [0, 0.05) is 0 Å². The van der Waals surface area contributed by atoms with E-state index in [1.165, 1.54) is 0 Å². The van der Waals surface area contributed by atoms with Crippen molar-refractivity contribution in [3.8, 4) is 0 Å². The fourth-order valence-corrected chi connectivity index (χ4v) is 2.00. The van der Waals surface area contributed by atoms with Crippen molar-refractivity contribution in [3.05, 3.63) is 60.2 Å². The normalized spacial score (nSPS) is 12.7. The van der Waals surface area contributed by atoms with E-state index < -0.39 is 6.10 Å². The van der Waals surface area contributed by atoms with Crippen LogP contribution in [0.15, 0.2) is 54.6 Å². The largest absolute Gasteiger partial charge is 0.386 e. The van der Waals surface area contributed by atoms with E-state index in [2.05, 4.69) is 10.3 Å². The third kappa shape index (κ3) is 1.98. The molecule has 90 valence electrons. The maximum atomic E-state index is 10.2. The molecule has 0 amide bonds. The lowest BCUT2D eigenvalue weighted by Gasteiger charge is -2.10. The molecule has 0 saturated carbocycles. The molecule has 2 aromatic carbocycles. The highest BCUT2D eigenvalue weighted by Gasteiger charge is 2.11. The zero-order valence-corrected chi connectivity index (χ0v) is 9.77. The SMILES string of the molecule is OC(Cn1nnc2ccccc21)c1ccccc1. The Bertz CT molecular complexity index is 648. The molecule has 1 atom stereocenters. The summed E-state index contributed by atoms with van der Waals surface area (Å²) in [5, 5.41) is 18.3. The third-order valence-corrected chi connectivity index (χ3v) is 2.95. The quantitative estimate of drug-likeness (QED) is 0.762. The van der Waals surface area contributed by atoms with Crippen LogP contribution in [0.3, 0.4) is 0 Å². The Balaban J connectivity index is 1.89. The first-order valence-corrected chi connectivity index (χ1v) is 5.86. The summed E-state index contributed by atoms with van der Waals surface area (Å²) in [6.07, 6.45) is -0.573. The predicted molar refractivity (Wildman–Crippen MR) is 68.9 cm³/mol. The van der Waals surface area contributed by atoms with E-state index in [9.17, 15) is 5.11 Å². The number of fused-ring (bicyclic) bond motifs is 1. The summed E-state index contributed by atoms with van der Waals surface area (Å²) in [6.45, 7) is 0.407. The molecule has 1 N–H and O–H groups in total. The van der Waals surface area contributed by atoms with Gasteiger partial charge in [-0.1, -0.05) is 47.7 Å². The van der Waals surface area contributed by atoms with Gasteiger partial charge >= 0.3 is 0 Å². The molecule has 0 aliphatic rings. The number of aliphatic hydroxyl groups excluding tert-OH is 1. The van der Waals surface area contributed by atoms with Crippen molar-refractivity contribution in [2.24, 2.45) is 0 Å². The van der Waals surface area contributed by atoms with Crippen LogP contribution in [0.1, 0.15) is 11.7 Å². The van der Waals surface area contributed by atoms with Crippen LogP contribution in [-0.4, -0.2) is 20.1 Å². The van der Waals surface area contributed by atoms with Crippen LogP contribution in [0.25, 0.3) is 11.0 Å². The molecule has 0 saturated heterocycles. The molecule has 0 aliphatic carbocycles. The molecule has 1 heterocycles. The summed E-state index contributed by atoms with van der Waals surface area (Å²) in [7, 11) is 0. The number of nitrogens with zero attached hydrogens (tertiary/aromatic N) is 3. The Morgan fingerprint density at radius 2 is 1.72 bits per heavy atom. The van der Waals surface area contributed by atoms with Gasteiger partial charge in [0.1, 0.15) is 5.52 Å². The Hall–Kier alpha value is -2.20. The van der Waals surface area contributed by atoms with Gasteiger partial charge in [0.25, 0.3) is 0 Å². The Morgan fingerprint density at radius 3 is 2.56 bits per heavy atom. The van der Waals surface area contributed by atoms with Gasteiger partial charge in [0.05, 0.1) is 18.2 Å². The molecule has 0 aliphatic heterocycles. The predicted octanol–water partition coefficient (Wildman–Crippen LogP) is 2.16. The van der Waals surface area contributed by atoms with E-state index in [1.54, 1.807) is 4.68 Å². The van der Waals surface area contributed by atoms with Gasteiger partial charge in [-0.25, -0.2) is 4.68 Å². The topological polar surface area (TPSA) is 50.9 Å². The smallest absolute Gasteiger partial charge is 0.113 e. The summed E-state index contributed by atoms with van der Waals surface area (Å²) in [5.41, 5.74) is 2.67. The highest BCUT2D eigenvalue weighted by Crippen LogP contribution is 2.17. The molecule has 3 rings (SSSR count). The van der Waals surface area contributed by atoms with Gasteiger partial charge < -0.3 is 5.11 Å². The standard InChI is InChI=1S/C14H13N3O/c18-14(11-6-2-1-3-7-11)10-17-13-9-5-4-8-12(13)15-16-17/h1-9,14,18H,10H2. The molecular weight excluding hydrogens is 226 g/mol. The van der Waals surface area contributed by atoms with E-state index >= 15 is 0 Å². The maximum absolute atomic E-state index is 10.2. The first-order valence-electron chi connectivity index (χ1n) is 5.86. The Kier molecular flexibility index (Phi) is 2.78. The van der Waals surface area contributed by atoms with Crippen LogP contribution < -0.4 is 0 Å². The van der Waals surface area contributed by atoms with Gasteiger partial charge in [-0.3, -0.25) is 0 Å². The Labute approximate surface area is 104 Å². The van der Waals surface area contributed by atoms with E-state index in [0.717, 1.165) is 16.6 Å². The zero-order chi connectivity index (χ0) is 12.4. The number of aromatic nitrogens is 3. The molecule has 4 heteroatoms. The average molecular weight is 239 g/mol. The van der Waals surface area contributed by atoms with Crippen LogP contribution in [-0.2, 0) is 6.54 Å². The highest BCUT2D eigenvalue weighted by molar-refractivity contribution is 5.73. The van der Waals surface area contributed by atoms with E-state index in [-0.39, 0.29) is 0 Å². The lowest BCUT2D eigenvalue weighted by molar-refractivity contribution is 0.152. The van der Waals surface area contributed by atoms with Crippen LogP contribution in [0.4, 0.5) is 0 Å². The fraction of sp³-hybridized carbons (Fsp3) is 0.143. The van der Waals surface area contributed by atoms with E-state index in [1.807, 2.05) is 54.6 Å². The Morgan fingerprint density at radius 1 is 1.00 bits per heavy atom. The van der Waals surface area contributed by atoms with Gasteiger partial charge in [0.15, 0.2) is 0 Å². The first kappa shape index (κ1) is 10.9. The molecule has 1 aromatic heterocycles. The highest BCUT2D eigenvalue weighted by atomic mass is 16.3. The van der Waals surface area contributed by atoms with Crippen LogP contribution in [0.2, 0.25) is 0 Å². The maximum Gasteiger partial charge on any atom is 0.113 e. The summed E-state index contributed by atoms with van der Waals surface area (Å²) in [4.78, 5) is 0. The third-order valence-electron chi connectivity index (χ3n) is 2.95. The second-order valence-corrected chi connectivity index (χ2v) is 4.19. The second kappa shape index (κ2) is 4.58. The molecule has 0 spiro atoms. The van der Waals surface area contributed by atoms with Gasteiger partial charge in [-0.15, -0.1) is 5.10 Å². The number of aliphatic hydroxyl groups is 1. The summed E-state index contributed by atoms with van der Waals surface area (Å²) in [6, 6.07) is 17.3. The lowest BCUT2D eigenvalue weighted by atomic mass is 10.1. The number of rotatable bonds is 3. The molecule has 3 aromatic rings. The monoisotopic (exact) mass is 239 g/mol. The van der Waals surface area contributed by atoms with Crippen molar-refractivity contribution in [1.82, 2.24) is 15.0 Å². The lowest BCUT2D eigenvalue weighted by Crippen LogP contribution is -2.09. The molecule has 4 nitrogen and oxygen atoms in total. The number of para-hydroxylation sites is 1. The molecular formula is C14H13N3O. The zero-order valence-electron chi connectivity index (χ0n) is 9.77. The van der Waals surface area contributed by atoms with E-state index in [0.29, 0.717) is 6.54 Å². The van der Waals surface area contributed by atoms with Crippen molar-refractivity contribution in [2.45, 2.75) is 12.6 Å². The molecule has 0 bridgehead atoms. The minimum Gasteiger partial charge on any atom is -0.386 e. The second-order valence-electron chi connectivity index (χ2n) is 4.19. The van der Waals surface area contributed by atoms with Gasteiger partial charge in [0.2, 0.25) is 0 Å². The summed E-state index contributed by atoms with van der Waals surface area (Å²) >= 11 is 0. The molecule has 1 unspecified atom stereocenters. The number of hydrogen-bond donors (Lipinski definition) is 1. The van der Waals surface area contributed by atoms with Gasteiger partial charge in [-0.2, -0.15) is 0 Å². The molecule has 18 heavy (non-hydrogen) atoms. The van der Waals surface area contributed by atoms with Crippen molar-refractivity contribution >= 4 is 11.0 Å². The van der Waals surface area contributed by atoms with Gasteiger partial charge in [-0.05, 0) is 17.7 Å². The van der Waals surface area contributed by atoms with Crippen molar-refractivity contribution in [1.29, 1.82) is 0 Å². The van der Waals surface area contributed by atoms with Crippen LogP contribution in [0, 0.1) is 0 Å². The van der Waals surface area contributed by atoms with Crippen molar-refractivity contribution in [3.63, 3.8) is 0 Å². The van der Waals surface area contributed by atoms with Crippen LogP contribution >= 0.6 is 0 Å². The fourth-order valence-electron chi connectivity index (χ4n) is 2.00. The number of benzene rings is 2. The first-order chi connectivity index (χ1) is 8.84. The molecule has 0 radical (unpaired) electrons. The minimum absolute atomic E-state index is 0.407.